The minimum Gasteiger partial charge on any atom is -0.311 e. The Hall–Kier alpha value is -6.59. The summed E-state index contributed by atoms with van der Waals surface area (Å²) >= 11 is 0. The second kappa shape index (κ2) is 16.8. The Morgan fingerprint density at radius 2 is 0.547 bits per heavy atom. The van der Waals surface area contributed by atoms with Crippen molar-refractivity contribution in [2.45, 2.75) is 105 Å². The third-order valence-corrected chi connectivity index (χ3v) is 12.2. The van der Waals surface area contributed by atoms with E-state index >= 15 is 0 Å². The van der Waals surface area contributed by atoms with Gasteiger partial charge in [0.1, 0.15) is 5.52 Å². The minimum atomic E-state index is 0.0594. The van der Waals surface area contributed by atoms with Crippen LogP contribution in [-0.2, 0) is 21.7 Å². The standard InChI is InChI=1S/C59H63N5/c1-56(2,3)42-17-29-48(30-18-42)63(49-31-19-43(20-32-49)57(4,5)6)46-25-13-40(14-26-46)54-55(62-53-39-60-38-37-52(53)61-54)41-15-27-47(28-16-41)64(50-33-21-44(22-34-50)58(7,8)9)51-35-23-45(24-36-51)59(10,11)12/h13-39H,1-12H3. The average molecular weight is 842 g/mol. The van der Waals surface area contributed by atoms with Crippen LogP contribution in [0.4, 0.5) is 34.1 Å². The molecule has 8 rings (SSSR count). The number of nitrogens with zero attached hydrogens (tertiary/aromatic N) is 5. The first-order valence-corrected chi connectivity index (χ1v) is 22.6. The molecule has 0 atom stereocenters. The first kappa shape index (κ1) is 44.0. The van der Waals surface area contributed by atoms with Gasteiger partial charge in [-0.15, -0.1) is 0 Å². The number of aromatic nitrogens is 3. The molecule has 5 nitrogen and oxygen atoms in total. The van der Waals surface area contributed by atoms with Crippen LogP contribution in [0.25, 0.3) is 33.5 Å². The first-order valence-electron chi connectivity index (χ1n) is 22.6. The van der Waals surface area contributed by atoms with Gasteiger partial charge in [0.2, 0.25) is 0 Å². The molecule has 6 aromatic carbocycles. The molecule has 0 saturated carbocycles. The number of hydrogen-bond donors (Lipinski definition) is 0. The molecule has 0 radical (unpaired) electrons. The molecule has 0 unspecified atom stereocenters. The van der Waals surface area contributed by atoms with E-state index in [1.165, 1.54) is 22.3 Å². The van der Waals surface area contributed by atoms with Crippen molar-refractivity contribution in [1.29, 1.82) is 0 Å². The molecule has 0 bridgehead atoms. The second-order valence-corrected chi connectivity index (χ2v) is 21.2. The van der Waals surface area contributed by atoms with Gasteiger partial charge in [-0.1, -0.05) is 156 Å². The van der Waals surface area contributed by atoms with E-state index in [1.54, 1.807) is 12.4 Å². The smallest absolute Gasteiger partial charge is 0.108 e. The second-order valence-electron chi connectivity index (χ2n) is 21.2. The zero-order valence-electron chi connectivity index (χ0n) is 39.8. The normalized spacial score (nSPS) is 12.4. The van der Waals surface area contributed by atoms with E-state index in [9.17, 15) is 0 Å². The molecule has 0 N–H and O–H groups in total. The molecule has 2 aromatic heterocycles. The minimum absolute atomic E-state index is 0.0594. The third kappa shape index (κ3) is 9.36. The van der Waals surface area contributed by atoms with Crippen molar-refractivity contribution < 1.29 is 0 Å². The fourth-order valence-corrected chi connectivity index (χ4v) is 8.18. The highest BCUT2D eigenvalue weighted by Gasteiger charge is 2.22. The highest BCUT2D eigenvalue weighted by Crippen LogP contribution is 2.41. The van der Waals surface area contributed by atoms with Crippen molar-refractivity contribution in [3.05, 3.63) is 186 Å². The number of fused-ring (bicyclic) bond motifs is 1. The van der Waals surface area contributed by atoms with E-state index in [2.05, 4.69) is 243 Å². The van der Waals surface area contributed by atoms with E-state index in [0.29, 0.717) is 0 Å². The zero-order chi connectivity index (χ0) is 45.6. The number of hydrogen-bond acceptors (Lipinski definition) is 5. The predicted molar refractivity (Wildman–Crippen MR) is 272 cm³/mol. The predicted octanol–water partition coefficient (Wildman–Crippen LogP) is 16.5. The number of rotatable bonds is 8. The summed E-state index contributed by atoms with van der Waals surface area (Å²) in [4.78, 5) is 19.6. The molecule has 0 aliphatic rings. The van der Waals surface area contributed by atoms with Crippen LogP contribution in [0.15, 0.2) is 164 Å². The van der Waals surface area contributed by atoms with Gasteiger partial charge >= 0.3 is 0 Å². The molecular formula is C59H63N5. The number of anilines is 6. The van der Waals surface area contributed by atoms with E-state index in [4.69, 9.17) is 9.97 Å². The van der Waals surface area contributed by atoms with Crippen LogP contribution in [0.5, 0.6) is 0 Å². The summed E-state index contributed by atoms with van der Waals surface area (Å²) in [7, 11) is 0. The quantitative estimate of drug-likeness (QED) is 0.152. The summed E-state index contributed by atoms with van der Waals surface area (Å²) in [5, 5.41) is 0. The molecular weight excluding hydrogens is 779 g/mol. The molecule has 0 saturated heterocycles. The lowest BCUT2D eigenvalue weighted by molar-refractivity contribution is 0.590. The third-order valence-electron chi connectivity index (χ3n) is 12.2. The molecule has 324 valence electrons. The fourth-order valence-electron chi connectivity index (χ4n) is 8.18. The Morgan fingerprint density at radius 1 is 0.297 bits per heavy atom. The van der Waals surface area contributed by atoms with Crippen LogP contribution >= 0.6 is 0 Å². The first-order chi connectivity index (χ1) is 30.2. The summed E-state index contributed by atoms with van der Waals surface area (Å²) in [6.45, 7) is 27.1. The lowest BCUT2D eigenvalue weighted by Gasteiger charge is -2.28. The van der Waals surface area contributed by atoms with E-state index in [1.807, 2.05) is 6.07 Å². The molecule has 64 heavy (non-hydrogen) atoms. The maximum Gasteiger partial charge on any atom is 0.108 e. The monoisotopic (exact) mass is 842 g/mol. The van der Waals surface area contributed by atoms with Crippen LogP contribution in [-0.4, -0.2) is 15.0 Å². The number of pyridine rings is 1. The summed E-state index contributed by atoms with van der Waals surface area (Å²) in [6.07, 6.45) is 3.58. The number of benzene rings is 6. The van der Waals surface area contributed by atoms with Crippen molar-refractivity contribution in [2.24, 2.45) is 0 Å². The van der Waals surface area contributed by atoms with Gasteiger partial charge in [-0.3, -0.25) is 4.98 Å². The van der Waals surface area contributed by atoms with Crippen LogP contribution in [0.2, 0.25) is 0 Å². The van der Waals surface area contributed by atoms with Gasteiger partial charge in [-0.05, 0) is 123 Å². The largest absolute Gasteiger partial charge is 0.311 e. The van der Waals surface area contributed by atoms with Gasteiger partial charge in [0.25, 0.3) is 0 Å². The van der Waals surface area contributed by atoms with E-state index in [0.717, 1.165) is 67.7 Å². The Morgan fingerprint density at radius 3 is 0.812 bits per heavy atom. The SMILES string of the molecule is CC(C)(C)c1ccc(N(c2ccc(-c3nc4ccncc4nc3-c3ccc(N(c4ccc(C(C)(C)C)cc4)c4ccc(C(C)(C)C)cc4)cc3)cc2)c2ccc(C(C)(C)C)cc2)cc1. The van der Waals surface area contributed by atoms with Crippen molar-refractivity contribution >= 4 is 45.2 Å². The fraction of sp³-hybridized carbons (Fsp3) is 0.271. The highest BCUT2D eigenvalue weighted by molar-refractivity contribution is 5.88. The topological polar surface area (TPSA) is 45.2 Å². The van der Waals surface area contributed by atoms with Crippen LogP contribution in [0.1, 0.15) is 105 Å². The summed E-state index contributed by atoms with van der Waals surface area (Å²) < 4.78 is 0. The van der Waals surface area contributed by atoms with Crippen molar-refractivity contribution in [1.82, 2.24) is 15.0 Å². The molecule has 8 aromatic rings. The van der Waals surface area contributed by atoms with Crippen molar-refractivity contribution in [3.63, 3.8) is 0 Å². The van der Waals surface area contributed by atoms with Gasteiger partial charge in [0.15, 0.2) is 0 Å². The van der Waals surface area contributed by atoms with Gasteiger partial charge in [0.05, 0.1) is 23.1 Å². The summed E-state index contributed by atoms with van der Waals surface area (Å²) in [6, 6.07) is 55.3. The Balaban J connectivity index is 1.19. The Kier molecular flexibility index (Phi) is 11.6. The van der Waals surface area contributed by atoms with Crippen LogP contribution in [0, 0.1) is 0 Å². The maximum absolute atomic E-state index is 5.26. The molecule has 0 spiro atoms. The molecule has 0 aliphatic heterocycles. The molecule has 5 heteroatoms. The van der Waals surface area contributed by atoms with Gasteiger partial charge in [-0.25, -0.2) is 9.97 Å². The Labute approximate surface area is 381 Å². The summed E-state index contributed by atoms with van der Waals surface area (Å²) in [5.74, 6) is 0. The van der Waals surface area contributed by atoms with Gasteiger partial charge in [0, 0.05) is 51.4 Å². The highest BCUT2D eigenvalue weighted by atomic mass is 15.1. The van der Waals surface area contributed by atoms with E-state index < -0.39 is 0 Å². The lowest BCUT2D eigenvalue weighted by atomic mass is 9.86. The van der Waals surface area contributed by atoms with Crippen molar-refractivity contribution in [3.8, 4) is 22.5 Å². The maximum atomic E-state index is 5.26. The molecule has 0 amide bonds. The van der Waals surface area contributed by atoms with E-state index in [-0.39, 0.29) is 21.7 Å². The van der Waals surface area contributed by atoms with Gasteiger partial charge < -0.3 is 9.80 Å². The van der Waals surface area contributed by atoms with Crippen molar-refractivity contribution in [2.75, 3.05) is 9.80 Å². The van der Waals surface area contributed by atoms with Gasteiger partial charge in [-0.2, -0.15) is 0 Å². The zero-order valence-corrected chi connectivity index (χ0v) is 39.8. The average Bonchev–Trinajstić information content (AvgIpc) is 3.26. The summed E-state index contributed by atoms with van der Waals surface area (Å²) in [5.41, 5.74) is 17.1. The van der Waals surface area contributed by atoms with Crippen LogP contribution < -0.4 is 9.80 Å². The molecule has 0 aliphatic carbocycles. The molecule has 2 heterocycles. The lowest BCUT2D eigenvalue weighted by Crippen LogP contribution is -2.14. The molecule has 0 fully saturated rings. The Bertz CT molecular complexity index is 2530. The van der Waals surface area contributed by atoms with Crippen LogP contribution in [0.3, 0.4) is 0 Å².